The molecule has 2 aromatic heterocycles. The van der Waals surface area contributed by atoms with E-state index in [0.29, 0.717) is 0 Å². The van der Waals surface area contributed by atoms with Crippen LogP contribution in [-0.4, -0.2) is 11.2 Å². The molecule has 0 atom stereocenters. The zero-order valence-electron chi connectivity index (χ0n) is 18.6. The first-order valence-corrected chi connectivity index (χ1v) is 11.2. The van der Waals surface area contributed by atoms with Gasteiger partial charge < -0.3 is 10.7 Å². The highest BCUT2D eigenvalue weighted by atomic mass is 32.1. The number of nitrogens with zero attached hydrogens (tertiary/aromatic N) is 1. The van der Waals surface area contributed by atoms with Gasteiger partial charge in [0, 0.05) is 22.9 Å². The number of rotatable bonds is 8. The van der Waals surface area contributed by atoms with Gasteiger partial charge in [0.25, 0.3) is 0 Å². The second-order valence-corrected chi connectivity index (χ2v) is 7.86. The van der Waals surface area contributed by atoms with Crippen LogP contribution in [0.1, 0.15) is 60.1 Å². The molecule has 0 amide bonds. The third kappa shape index (κ3) is 8.20. The van der Waals surface area contributed by atoms with Crippen LogP contribution in [-0.2, 0) is 0 Å². The molecule has 0 aliphatic carbocycles. The Labute approximate surface area is 180 Å². The van der Waals surface area contributed by atoms with E-state index < -0.39 is 0 Å². The summed E-state index contributed by atoms with van der Waals surface area (Å²) in [4.78, 5) is 4.74. The molecule has 0 radical (unpaired) electrons. The number of aromatic nitrogens is 1. The predicted octanol–water partition coefficient (Wildman–Crippen LogP) is 8.24. The fourth-order valence-corrected chi connectivity index (χ4v) is 3.04. The fourth-order valence-electron chi connectivity index (χ4n) is 2.21. The molecule has 2 N–H and O–H groups in total. The van der Waals surface area contributed by atoms with Crippen LogP contribution in [0.25, 0.3) is 15.8 Å². The first kappa shape index (κ1) is 24.6. The molecule has 0 spiro atoms. The van der Waals surface area contributed by atoms with Gasteiger partial charge in [-0.15, -0.1) is 11.3 Å². The highest BCUT2D eigenvalue weighted by Crippen LogP contribution is 2.31. The summed E-state index contributed by atoms with van der Waals surface area (Å²) >= 11 is 1.67. The normalized spacial score (nSPS) is 12.7. The van der Waals surface area contributed by atoms with Gasteiger partial charge in [-0.2, -0.15) is 0 Å². The number of anilines is 1. The molecule has 0 aliphatic heterocycles. The number of hydrogen-bond acceptors (Lipinski definition) is 4. The van der Waals surface area contributed by atoms with Gasteiger partial charge in [0.2, 0.25) is 0 Å². The minimum absolute atomic E-state index is 0.824. The van der Waals surface area contributed by atoms with Gasteiger partial charge >= 0.3 is 0 Å². The van der Waals surface area contributed by atoms with Crippen LogP contribution in [0.3, 0.4) is 0 Å². The lowest BCUT2D eigenvalue weighted by Gasteiger charge is -2.06. The minimum atomic E-state index is 0.824. The van der Waals surface area contributed by atoms with Crippen LogP contribution >= 0.6 is 11.3 Å². The van der Waals surface area contributed by atoms with Crippen molar-refractivity contribution in [2.45, 2.75) is 54.4 Å². The predicted molar refractivity (Wildman–Crippen MR) is 133 cm³/mol. The van der Waals surface area contributed by atoms with Crippen LogP contribution in [0.2, 0.25) is 0 Å². The Balaban J connectivity index is 0.000000749. The molecule has 29 heavy (non-hydrogen) atoms. The fraction of sp³-hybridized carbons (Fsp3) is 0.360. The van der Waals surface area contributed by atoms with Crippen molar-refractivity contribution in [3.8, 4) is 0 Å². The van der Waals surface area contributed by atoms with Crippen molar-refractivity contribution in [1.29, 1.82) is 5.41 Å². The Morgan fingerprint density at radius 2 is 1.90 bits per heavy atom. The molecule has 0 aromatic carbocycles. The van der Waals surface area contributed by atoms with Gasteiger partial charge in [0.1, 0.15) is 5.52 Å². The quantitative estimate of drug-likeness (QED) is 0.340. The Hall–Kier alpha value is -2.46. The molecular formula is C25H35N3S. The highest BCUT2D eigenvalue weighted by Gasteiger charge is 2.08. The lowest BCUT2D eigenvalue weighted by molar-refractivity contribution is 0.626. The van der Waals surface area contributed by atoms with Crippen molar-refractivity contribution in [3.63, 3.8) is 0 Å². The van der Waals surface area contributed by atoms with Crippen LogP contribution in [0, 0.1) is 11.3 Å². The molecule has 2 heterocycles. The van der Waals surface area contributed by atoms with Gasteiger partial charge in [-0.3, -0.25) is 0 Å². The average Bonchev–Trinajstić information content (AvgIpc) is 3.13. The van der Waals surface area contributed by atoms with E-state index in [0.717, 1.165) is 45.2 Å². The van der Waals surface area contributed by atoms with Crippen molar-refractivity contribution in [2.24, 2.45) is 5.92 Å². The van der Waals surface area contributed by atoms with E-state index in [1.807, 2.05) is 38.1 Å². The van der Waals surface area contributed by atoms with E-state index in [2.05, 4.69) is 62.7 Å². The average molecular weight is 410 g/mol. The topological polar surface area (TPSA) is 48.8 Å². The van der Waals surface area contributed by atoms with Crippen LogP contribution in [0.4, 0.5) is 5.69 Å². The summed E-state index contributed by atoms with van der Waals surface area (Å²) in [5, 5.41) is 13.0. The monoisotopic (exact) mass is 409 g/mol. The molecule has 0 bridgehead atoms. The lowest BCUT2D eigenvalue weighted by Crippen LogP contribution is -1.97. The number of thiophene rings is 1. The highest BCUT2D eigenvalue weighted by molar-refractivity contribution is 7.17. The van der Waals surface area contributed by atoms with E-state index >= 15 is 0 Å². The second kappa shape index (κ2) is 13.7. The number of nitrogens with one attached hydrogen (secondary N) is 2. The van der Waals surface area contributed by atoms with Crippen molar-refractivity contribution in [1.82, 2.24) is 4.98 Å². The van der Waals surface area contributed by atoms with Gasteiger partial charge in [0.15, 0.2) is 0 Å². The molecule has 0 saturated heterocycles. The summed E-state index contributed by atoms with van der Waals surface area (Å²) in [7, 11) is 0. The van der Waals surface area contributed by atoms with E-state index in [1.54, 1.807) is 11.3 Å². The summed E-state index contributed by atoms with van der Waals surface area (Å²) in [6, 6.07) is 4.03. The van der Waals surface area contributed by atoms with E-state index in [1.165, 1.54) is 12.6 Å². The van der Waals surface area contributed by atoms with Crippen molar-refractivity contribution < 1.29 is 0 Å². The van der Waals surface area contributed by atoms with Crippen LogP contribution in [0.5, 0.6) is 0 Å². The standard InChI is InChI=1S/C20H23N3S.C5H12/c1-4-7-8-9-10-16(6-3)22-18-14-24-19-12-11-17(23-20(18)19)15(5-2)13-21;1-4-5(2)3/h5-14,21-22H,4H2,1-3H3;5H,4H2,1-3H3/b8-7-,10-9-,15-5+,16-6+,21-13?;. The maximum absolute atomic E-state index is 7.50. The van der Waals surface area contributed by atoms with E-state index in [9.17, 15) is 0 Å². The Morgan fingerprint density at radius 3 is 2.45 bits per heavy atom. The Bertz CT molecular complexity index is 883. The van der Waals surface area contributed by atoms with Gasteiger partial charge in [0.05, 0.1) is 16.1 Å². The van der Waals surface area contributed by atoms with Crippen molar-refractivity contribution >= 4 is 39.0 Å². The maximum Gasteiger partial charge on any atom is 0.105 e. The largest absolute Gasteiger partial charge is 0.353 e. The van der Waals surface area contributed by atoms with Crippen molar-refractivity contribution in [2.75, 3.05) is 5.32 Å². The summed E-state index contributed by atoms with van der Waals surface area (Å²) in [6.07, 6.45) is 15.9. The molecule has 2 rings (SSSR count). The molecule has 156 valence electrons. The first-order valence-electron chi connectivity index (χ1n) is 10.3. The SMILES string of the molecule is C/C=C(\C=N)c1ccc2scc(NC(/C=C\C=C/CC)=C/C)c2n1.CCC(C)C. The Morgan fingerprint density at radius 1 is 1.17 bits per heavy atom. The van der Waals surface area contributed by atoms with Gasteiger partial charge in [-0.05, 0) is 44.4 Å². The molecule has 0 unspecified atom stereocenters. The molecule has 0 fully saturated rings. The molecule has 0 saturated carbocycles. The summed E-state index contributed by atoms with van der Waals surface area (Å²) in [5.74, 6) is 0.884. The van der Waals surface area contributed by atoms with Crippen LogP contribution < -0.4 is 5.32 Å². The van der Waals surface area contributed by atoms with E-state index in [-0.39, 0.29) is 0 Å². The van der Waals surface area contributed by atoms with Gasteiger partial charge in [-0.1, -0.05) is 64.5 Å². The number of fused-ring (bicyclic) bond motifs is 1. The maximum atomic E-state index is 7.50. The third-order valence-electron chi connectivity index (χ3n) is 4.34. The number of pyridine rings is 1. The molecular weight excluding hydrogens is 374 g/mol. The lowest BCUT2D eigenvalue weighted by atomic mass is 10.1. The molecule has 3 nitrogen and oxygen atoms in total. The van der Waals surface area contributed by atoms with E-state index in [4.69, 9.17) is 10.4 Å². The molecule has 0 aliphatic rings. The number of hydrogen-bond donors (Lipinski definition) is 2. The summed E-state index contributed by atoms with van der Waals surface area (Å²) < 4.78 is 1.13. The third-order valence-corrected chi connectivity index (χ3v) is 5.28. The minimum Gasteiger partial charge on any atom is -0.353 e. The second-order valence-electron chi connectivity index (χ2n) is 6.95. The van der Waals surface area contributed by atoms with Gasteiger partial charge in [-0.25, -0.2) is 4.98 Å². The molecule has 4 heteroatoms. The first-order chi connectivity index (χ1) is 14.0. The summed E-state index contributed by atoms with van der Waals surface area (Å²) in [5.41, 5.74) is 4.61. The van der Waals surface area contributed by atoms with Crippen LogP contribution in [0.15, 0.2) is 59.7 Å². The number of allylic oxidation sites excluding steroid dienone is 7. The smallest absolute Gasteiger partial charge is 0.105 e. The zero-order valence-corrected chi connectivity index (χ0v) is 19.4. The summed E-state index contributed by atoms with van der Waals surface area (Å²) in [6.45, 7) is 12.7. The zero-order chi connectivity index (χ0) is 21.6. The molecule has 2 aromatic rings. The Kier molecular flexibility index (Phi) is 11.6. The van der Waals surface area contributed by atoms with Crippen molar-refractivity contribution in [3.05, 3.63) is 65.4 Å².